The predicted octanol–water partition coefficient (Wildman–Crippen LogP) is 1.76. The molecule has 2 aromatic heterocycles. The molecule has 6 nitrogen and oxygen atoms in total. The third kappa shape index (κ3) is 2.34. The minimum atomic E-state index is 0.154. The normalized spacial score (nSPS) is 10.9. The van der Waals surface area contributed by atoms with Crippen molar-refractivity contribution in [2.45, 2.75) is 26.4 Å². The van der Waals surface area contributed by atoms with Gasteiger partial charge in [-0.2, -0.15) is 4.98 Å². The minimum absolute atomic E-state index is 0.154. The molecule has 80 valence electrons. The molecule has 2 rings (SSSR count). The van der Waals surface area contributed by atoms with Gasteiger partial charge in [0, 0.05) is 12.0 Å². The van der Waals surface area contributed by atoms with Crippen LogP contribution in [-0.2, 0) is 6.61 Å². The third-order valence-electron chi connectivity index (χ3n) is 1.77. The largest absolute Gasteiger partial charge is 0.442 e. The van der Waals surface area contributed by atoms with Crippen LogP contribution >= 0.6 is 0 Å². The summed E-state index contributed by atoms with van der Waals surface area (Å²) in [7, 11) is 0. The average Bonchev–Trinajstić information content (AvgIpc) is 2.86. The van der Waals surface area contributed by atoms with E-state index in [1.165, 1.54) is 6.26 Å². The Labute approximate surface area is 86.2 Å². The maximum atomic E-state index is 5.22. The van der Waals surface area contributed by atoms with Gasteiger partial charge < -0.3 is 9.26 Å². The second kappa shape index (κ2) is 4.12. The highest BCUT2D eigenvalue weighted by atomic mass is 16.6. The molecule has 0 aliphatic rings. The van der Waals surface area contributed by atoms with Gasteiger partial charge in [-0.3, -0.25) is 4.52 Å². The van der Waals surface area contributed by atoms with Crippen LogP contribution in [0, 0.1) is 0 Å². The molecular weight excluding hydrogens is 198 g/mol. The molecule has 0 aromatic carbocycles. The molecule has 2 heterocycles. The van der Waals surface area contributed by atoms with Crippen LogP contribution in [0.1, 0.15) is 31.3 Å². The van der Waals surface area contributed by atoms with Gasteiger partial charge >= 0.3 is 6.08 Å². The Hall–Kier alpha value is -1.85. The van der Waals surface area contributed by atoms with Gasteiger partial charge in [0.2, 0.25) is 0 Å². The standard InChI is InChI=1S/C9H11N3O3/c1-6(2)8-10-9(15-12-8)13-5-7-3-4-14-11-7/h3-4,6H,5H2,1-2H3. The van der Waals surface area contributed by atoms with Gasteiger partial charge in [-0.25, -0.2) is 0 Å². The van der Waals surface area contributed by atoms with Crippen LogP contribution in [0.2, 0.25) is 0 Å². The van der Waals surface area contributed by atoms with E-state index in [0.29, 0.717) is 11.5 Å². The summed E-state index contributed by atoms with van der Waals surface area (Å²) in [4.78, 5) is 4.05. The lowest BCUT2D eigenvalue weighted by Gasteiger charge is -1.95. The fourth-order valence-electron chi connectivity index (χ4n) is 0.961. The minimum Gasteiger partial charge on any atom is -0.442 e. The Balaban J connectivity index is 1.94. The molecule has 6 heteroatoms. The molecule has 0 saturated carbocycles. The van der Waals surface area contributed by atoms with Gasteiger partial charge in [-0.05, 0) is 0 Å². The molecule has 0 aliphatic heterocycles. The molecule has 0 atom stereocenters. The summed E-state index contributed by atoms with van der Waals surface area (Å²) in [5.74, 6) is 0.850. The summed E-state index contributed by atoms with van der Waals surface area (Å²) in [5, 5.41) is 7.44. The molecule has 0 radical (unpaired) electrons. The van der Waals surface area contributed by atoms with E-state index in [1.54, 1.807) is 6.07 Å². The molecule has 0 amide bonds. The molecule has 0 spiro atoms. The summed E-state index contributed by atoms with van der Waals surface area (Å²) in [6.07, 6.45) is 1.63. The lowest BCUT2D eigenvalue weighted by Crippen LogP contribution is -1.96. The summed E-state index contributed by atoms with van der Waals surface area (Å²) >= 11 is 0. The molecule has 0 unspecified atom stereocenters. The van der Waals surface area contributed by atoms with Crippen LogP contribution in [-0.4, -0.2) is 15.3 Å². The third-order valence-corrected chi connectivity index (χ3v) is 1.77. The fourth-order valence-corrected chi connectivity index (χ4v) is 0.961. The van der Waals surface area contributed by atoms with Crippen molar-refractivity contribution in [2.24, 2.45) is 0 Å². The van der Waals surface area contributed by atoms with Crippen molar-refractivity contribution in [3.63, 3.8) is 0 Å². The van der Waals surface area contributed by atoms with Crippen molar-refractivity contribution < 1.29 is 13.8 Å². The zero-order valence-electron chi connectivity index (χ0n) is 8.51. The van der Waals surface area contributed by atoms with Crippen LogP contribution in [0.3, 0.4) is 0 Å². The Kier molecular flexibility index (Phi) is 2.66. The monoisotopic (exact) mass is 209 g/mol. The van der Waals surface area contributed by atoms with Gasteiger partial charge in [0.1, 0.15) is 18.6 Å². The highest BCUT2D eigenvalue weighted by Gasteiger charge is 2.10. The number of ether oxygens (including phenoxy) is 1. The average molecular weight is 209 g/mol. The summed E-state index contributed by atoms with van der Waals surface area (Å²) < 4.78 is 14.8. The van der Waals surface area contributed by atoms with Gasteiger partial charge in [0.05, 0.1) is 0 Å². The second-order valence-corrected chi connectivity index (χ2v) is 3.35. The zero-order chi connectivity index (χ0) is 10.7. The van der Waals surface area contributed by atoms with E-state index < -0.39 is 0 Å². The van der Waals surface area contributed by atoms with E-state index in [9.17, 15) is 0 Å². The lowest BCUT2D eigenvalue weighted by atomic mass is 10.2. The summed E-state index contributed by atoms with van der Waals surface area (Å²) in [6, 6.07) is 1.71. The van der Waals surface area contributed by atoms with Gasteiger partial charge in [-0.15, -0.1) is 0 Å². The van der Waals surface area contributed by atoms with Gasteiger partial charge in [-0.1, -0.05) is 24.2 Å². The maximum absolute atomic E-state index is 5.22. The van der Waals surface area contributed by atoms with Crippen molar-refractivity contribution >= 4 is 0 Å². The maximum Gasteiger partial charge on any atom is 0.417 e. The number of hydrogen-bond donors (Lipinski definition) is 0. The smallest absolute Gasteiger partial charge is 0.417 e. The first-order chi connectivity index (χ1) is 7.25. The van der Waals surface area contributed by atoms with E-state index in [0.717, 1.165) is 0 Å². The predicted molar refractivity (Wildman–Crippen MR) is 49.2 cm³/mol. The Morgan fingerprint density at radius 2 is 2.27 bits per heavy atom. The highest BCUT2D eigenvalue weighted by Crippen LogP contribution is 2.14. The van der Waals surface area contributed by atoms with Crippen molar-refractivity contribution in [3.8, 4) is 6.08 Å². The Morgan fingerprint density at radius 1 is 1.40 bits per heavy atom. The molecule has 15 heavy (non-hydrogen) atoms. The van der Waals surface area contributed by atoms with Crippen LogP contribution < -0.4 is 4.74 Å². The molecule has 0 bridgehead atoms. The second-order valence-electron chi connectivity index (χ2n) is 3.35. The van der Waals surface area contributed by atoms with Crippen molar-refractivity contribution in [3.05, 3.63) is 23.8 Å². The van der Waals surface area contributed by atoms with E-state index in [1.807, 2.05) is 13.8 Å². The van der Waals surface area contributed by atoms with Gasteiger partial charge in [0.15, 0.2) is 5.82 Å². The van der Waals surface area contributed by atoms with E-state index in [2.05, 4.69) is 19.8 Å². The molecule has 0 N–H and O–H groups in total. The quantitative estimate of drug-likeness (QED) is 0.763. The lowest BCUT2D eigenvalue weighted by molar-refractivity contribution is 0.189. The van der Waals surface area contributed by atoms with Crippen LogP contribution in [0.5, 0.6) is 6.08 Å². The van der Waals surface area contributed by atoms with Crippen LogP contribution in [0.4, 0.5) is 0 Å². The number of aromatic nitrogens is 3. The van der Waals surface area contributed by atoms with Crippen molar-refractivity contribution in [1.82, 2.24) is 15.3 Å². The Morgan fingerprint density at radius 3 is 2.87 bits per heavy atom. The first-order valence-corrected chi connectivity index (χ1v) is 4.61. The van der Waals surface area contributed by atoms with Crippen LogP contribution in [0.15, 0.2) is 21.4 Å². The number of hydrogen-bond acceptors (Lipinski definition) is 6. The topological polar surface area (TPSA) is 74.2 Å². The number of nitrogens with zero attached hydrogens (tertiary/aromatic N) is 3. The number of rotatable bonds is 4. The van der Waals surface area contributed by atoms with Crippen LogP contribution in [0.25, 0.3) is 0 Å². The molecule has 2 aromatic rings. The van der Waals surface area contributed by atoms with E-state index in [-0.39, 0.29) is 18.6 Å². The van der Waals surface area contributed by atoms with E-state index >= 15 is 0 Å². The first-order valence-electron chi connectivity index (χ1n) is 4.61. The highest BCUT2D eigenvalue weighted by molar-refractivity contribution is 4.97. The van der Waals surface area contributed by atoms with Gasteiger partial charge in [0.25, 0.3) is 0 Å². The molecule has 0 saturated heterocycles. The zero-order valence-corrected chi connectivity index (χ0v) is 8.51. The van der Waals surface area contributed by atoms with E-state index in [4.69, 9.17) is 9.26 Å². The Bertz CT molecular complexity index is 408. The first kappa shape index (κ1) is 9.70. The van der Waals surface area contributed by atoms with Crippen molar-refractivity contribution in [2.75, 3.05) is 0 Å². The molecule has 0 fully saturated rings. The summed E-state index contributed by atoms with van der Waals surface area (Å²) in [5.41, 5.74) is 0.680. The fraction of sp³-hybridized carbons (Fsp3) is 0.444. The molecule has 0 aliphatic carbocycles. The molecular formula is C9H11N3O3. The summed E-state index contributed by atoms with van der Waals surface area (Å²) in [6.45, 7) is 4.22. The SMILES string of the molecule is CC(C)c1noc(OCc2ccon2)n1. The van der Waals surface area contributed by atoms with Crippen molar-refractivity contribution in [1.29, 1.82) is 0 Å².